The van der Waals surface area contributed by atoms with Crippen LogP contribution in [0.4, 0.5) is 0 Å². The summed E-state index contributed by atoms with van der Waals surface area (Å²) in [5.74, 6) is -0.356. The number of carbonyl (C=O) groups is 1. The molecule has 0 unspecified atom stereocenters. The van der Waals surface area contributed by atoms with Gasteiger partial charge in [0, 0.05) is 16.7 Å². The Balaban J connectivity index is 0.00000124. The normalized spacial score (nSPS) is 13.9. The summed E-state index contributed by atoms with van der Waals surface area (Å²) in [6, 6.07) is 14.0. The Bertz CT molecular complexity index is 1040. The molecule has 0 bridgehead atoms. The van der Waals surface area contributed by atoms with Gasteiger partial charge in [0.1, 0.15) is 11.5 Å². The first-order chi connectivity index (χ1) is 14.3. The molecule has 0 amide bonds. The lowest BCUT2D eigenvalue weighted by molar-refractivity contribution is 0.0250. The maximum Gasteiger partial charge on any atom is 0.340 e. The summed E-state index contributed by atoms with van der Waals surface area (Å²) in [4.78, 5) is 12.7. The van der Waals surface area contributed by atoms with Gasteiger partial charge in [-0.3, -0.25) is 0 Å². The van der Waals surface area contributed by atoms with Gasteiger partial charge in [-0.25, -0.2) is 4.79 Å². The van der Waals surface area contributed by atoms with Crippen molar-refractivity contribution in [3.63, 3.8) is 0 Å². The molecule has 0 saturated heterocycles. The van der Waals surface area contributed by atoms with E-state index in [1.54, 1.807) is 36.4 Å². The van der Waals surface area contributed by atoms with Gasteiger partial charge < -0.3 is 14.9 Å². The SMILES string of the molecule is CC.O=C1OC(c2cc(Br)c(O)c(Br)c2)(c2cc(Br)c(O)c(Br)c2)c2ccccc21. The highest BCUT2D eigenvalue weighted by molar-refractivity contribution is 9.11. The lowest BCUT2D eigenvalue weighted by atomic mass is 9.80. The van der Waals surface area contributed by atoms with Gasteiger partial charge in [-0.05, 0) is 94.1 Å². The minimum absolute atomic E-state index is 0.0459. The van der Waals surface area contributed by atoms with Crippen molar-refractivity contribution in [2.24, 2.45) is 0 Å². The molecular formula is C22H16Br4O4. The number of halogens is 4. The summed E-state index contributed by atoms with van der Waals surface area (Å²) < 4.78 is 7.82. The van der Waals surface area contributed by atoms with E-state index in [1.807, 2.05) is 26.0 Å². The van der Waals surface area contributed by atoms with Crippen molar-refractivity contribution in [2.45, 2.75) is 19.4 Å². The molecule has 1 aliphatic heterocycles. The monoisotopic (exact) mass is 660 g/mol. The molecular weight excluding hydrogens is 648 g/mol. The zero-order chi connectivity index (χ0) is 22.2. The van der Waals surface area contributed by atoms with Gasteiger partial charge in [-0.2, -0.15) is 0 Å². The second-order valence-electron chi connectivity index (χ2n) is 6.19. The average Bonchev–Trinajstić information content (AvgIpc) is 3.05. The molecule has 8 heteroatoms. The number of fused-ring (bicyclic) bond motifs is 1. The molecule has 1 heterocycles. The zero-order valence-electron chi connectivity index (χ0n) is 15.8. The van der Waals surface area contributed by atoms with Crippen LogP contribution in [0, 0.1) is 0 Å². The molecule has 30 heavy (non-hydrogen) atoms. The number of hydrogen-bond donors (Lipinski definition) is 2. The van der Waals surface area contributed by atoms with Crippen molar-refractivity contribution >= 4 is 69.7 Å². The van der Waals surface area contributed by atoms with E-state index in [1.165, 1.54) is 0 Å². The molecule has 4 rings (SSSR count). The number of benzene rings is 3. The molecule has 0 radical (unpaired) electrons. The van der Waals surface area contributed by atoms with Gasteiger partial charge in [-0.15, -0.1) is 0 Å². The van der Waals surface area contributed by atoms with Crippen LogP contribution < -0.4 is 0 Å². The highest BCUT2D eigenvalue weighted by Gasteiger charge is 2.49. The number of phenolic OH excluding ortho intramolecular Hbond substituents is 2. The Kier molecular flexibility index (Phi) is 7.01. The third-order valence-electron chi connectivity index (χ3n) is 4.62. The molecule has 0 spiro atoms. The second kappa shape index (κ2) is 9.02. The zero-order valence-corrected chi connectivity index (χ0v) is 22.2. The number of aromatic hydroxyl groups is 2. The van der Waals surface area contributed by atoms with Crippen LogP contribution in [0.15, 0.2) is 66.4 Å². The van der Waals surface area contributed by atoms with Crippen molar-refractivity contribution in [3.8, 4) is 11.5 Å². The third-order valence-corrected chi connectivity index (χ3v) is 7.04. The van der Waals surface area contributed by atoms with Crippen molar-refractivity contribution in [3.05, 3.63) is 88.7 Å². The van der Waals surface area contributed by atoms with E-state index in [9.17, 15) is 15.0 Å². The van der Waals surface area contributed by atoms with Crippen molar-refractivity contribution in [1.29, 1.82) is 0 Å². The molecule has 2 N–H and O–H groups in total. The highest BCUT2D eigenvalue weighted by Crippen LogP contribution is 2.51. The lowest BCUT2D eigenvalue weighted by Gasteiger charge is -2.31. The summed E-state index contributed by atoms with van der Waals surface area (Å²) in [5.41, 5.74) is 1.14. The number of cyclic esters (lactones) is 1. The lowest BCUT2D eigenvalue weighted by Crippen LogP contribution is -2.29. The molecule has 3 aromatic carbocycles. The molecule has 0 fully saturated rings. The summed E-state index contributed by atoms with van der Waals surface area (Å²) >= 11 is 13.4. The number of ether oxygens (including phenoxy) is 1. The van der Waals surface area contributed by atoms with Gasteiger partial charge in [0.05, 0.1) is 23.5 Å². The van der Waals surface area contributed by atoms with Gasteiger partial charge in [0.25, 0.3) is 0 Å². The number of phenols is 2. The largest absolute Gasteiger partial charge is 0.506 e. The quantitative estimate of drug-likeness (QED) is 0.277. The summed E-state index contributed by atoms with van der Waals surface area (Å²) in [5, 5.41) is 20.3. The van der Waals surface area contributed by atoms with Crippen molar-refractivity contribution in [1.82, 2.24) is 0 Å². The predicted molar refractivity (Wildman–Crippen MR) is 130 cm³/mol. The van der Waals surface area contributed by atoms with E-state index in [0.29, 0.717) is 40.1 Å². The number of rotatable bonds is 2. The first-order valence-electron chi connectivity index (χ1n) is 8.95. The van der Waals surface area contributed by atoms with E-state index < -0.39 is 11.6 Å². The minimum Gasteiger partial charge on any atom is -0.506 e. The fourth-order valence-electron chi connectivity index (χ4n) is 3.35. The summed E-state index contributed by atoms with van der Waals surface area (Å²) in [6.07, 6.45) is 0. The molecule has 0 atom stereocenters. The second-order valence-corrected chi connectivity index (χ2v) is 9.61. The fourth-order valence-corrected chi connectivity index (χ4v) is 5.72. The van der Waals surface area contributed by atoms with Crippen LogP contribution in [0.2, 0.25) is 0 Å². The molecule has 0 aliphatic carbocycles. The van der Waals surface area contributed by atoms with Crippen molar-refractivity contribution < 1.29 is 19.7 Å². The van der Waals surface area contributed by atoms with Crippen LogP contribution in [-0.2, 0) is 10.3 Å². The molecule has 156 valence electrons. The Morgan fingerprint density at radius 1 is 0.767 bits per heavy atom. The Morgan fingerprint density at radius 2 is 1.17 bits per heavy atom. The topological polar surface area (TPSA) is 66.8 Å². The van der Waals surface area contributed by atoms with Crippen LogP contribution in [0.1, 0.15) is 40.9 Å². The van der Waals surface area contributed by atoms with E-state index >= 15 is 0 Å². The Hall–Kier alpha value is -1.35. The van der Waals surface area contributed by atoms with Gasteiger partial charge in [0.15, 0.2) is 5.60 Å². The predicted octanol–water partition coefficient (Wildman–Crippen LogP) is 7.64. The van der Waals surface area contributed by atoms with Gasteiger partial charge in [0.2, 0.25) is 0 Å². The first-order valence-corrected chi connectivity index (χ1v) is 12.1. The number of esters is 1. The van der Waals surface area contributed by atoms with Crippen LogP contribution >= 0.6 is 63.7 Å². The van der Waals surface area contributed by atoms with Crippen LogP contribution in [0.3, 0.4) is 0 Å². The van der Waals surface area contributed by atoms with E-state index in [4.69, 9.17) is 4.74 Å². The van der Waals surface area contributed by atoms with E-state index in [-0.39, 0.29) is 11.5 Å². The Labute approximate surface area is 207 Å². The number of carbonyl (C=O) groups excluding carboxylic acids is 1. The summed E-state index contributed by atoms with van der Waals surface area (Å²) in [6.45, 7) is 4.00. The maximum absolute atomic E-state index is 12.7. The fraction of sp³-hybridized carbons (Fsp3) is 0.136. The van der Waals surface area contributed by atoms with Crippen LogP contribution in [0.25, 0.3) is 0 Å². The smallest absolute Gasteiger partial charge is 0.340 e. The van der Waals surface area contributed by atoms with Crippen LogP contribution in [0.5, 0.6) is 11.5 Å². The van der Waals surface area contributed by atoms with Crippen molar-refractivity contribution in [2.75, 3.05) is 0 Å². The van der Waals surface area contributed by atoms with E-state index in [2.05, 4.69) is 63.7 Å². The molecule has 0 saturated carbocycles. The highest BCUT2D eigenvalue weighted by atomic mass is 79.9. The maximum atomic E-state index is 12.7. The van der Waals surface area contributed by atoms with E-state index in [0.717, 1.165) is 0 Å². The van der Waals surface area contributed by atoms with Gasteiger partial charge >= 0.3 is 5.97 Å². The van der Waals surface area contributed by atoms with Gasteiger partial charge in [-0.1, -0.05) is 32.0 Å². The average molecular weight is 664 g/mol. The summed E-state index contributed by atoms with van der Waals surface area (Å²) in [7, 11) is 0. The third kappa shape index (κ3) is 3.72. The number of hydrogen-bond acceptors (Lipinski definition) is 4. The molecule has 0 aromatic heterocycles. The van der Waals surface area contributed by atoms with Crippen LogP contribution in [-0.4, -0.2) is 16.2 Å². The Morgan fingerprint density at radius 3 is 1.60 bits per heavy atom. The minimum atomic E-state index is -1.26. The molecule has 3 aromatic rings. The molecule has 1 aliphatic rings. The first kappa shape index (κ1) is 23.3. The molecule has 4 nitrogen and oxygen atoms in total. The standard InChI is InChI=1S/C20H10Br4O4.C2H6/c21-13-5-9(6-14(22)17(13)25)20(10-7-15(23)18(26)16(24)8-10)12-4-2-1-3-11(12)19(27)28-20;1-2/h1-8,25-26H;1-2H3.